The third-order valence-electron chi connectivity index (χ3n) is 3.04. The van der Waals surface area contributed by atoms with Crippen molar-refractivity contribution in [1.29, 1.82) is 0 Å². The lowest BCUT2D eigenvalue weighted by Crippen LogP contribution is -2.31. The fraction of sp³-hybridized carbons (Fsp3) is 0.636. The quantitative estimate of drug-likeness (QED) is 0.760. The summed E-state index contributed by atoms with van der Waals surface area (Å²) >= 11 is 0. The summed E-state index contributed by atoms with van der Waals surface area (Å²) in [6, 6.07) is 0. The van der Waals surface area contributed by atoms with Gasteiger partial charge in [-0.3, -0.25) is 0 Å². The maximum atomic E-state index is 11.2. The van der Waals surface area contributed by atoms with Crippen molar-refractivity contribution in [2.75, 3.05) is 27.2 Å². The Morgan fingerprint density at radius 2 is 2.50 bits per heavy atom. The number of nitrogens with zero attached hydrogens (tertiary/aromatic N) is 2. The van der Waals surface area contributed by atoms with Gasteiger partial charge in [0.1, 0.15) is 0 Å². The van der Waals surface area contributed by atoms with Crippen LogP contribution in [0.25, 0.3) is 0 Å². The van der Waals surface area contributed by atoms with Gasteiger partial charge in [-0.25, -0.2) is 9.78 Å². The first-order chi connectivity index (χ1) is 7.70. The molecule has 0 aromatic carbocycles. The molecule has 16 heavy (non-hydrogen) atoms. The number of piperidine rings is 1. The zero-order valence-corrected chi connectivity index (χ0v) is 9.69. The summed E-state index contributed by atoms with van der Waals surface area (Å²) < 4.78 is 4.61. The van der Waals surface area contributed by atoms with Crippen LogP contribution in [0.2, 0.25) is 0 Å². The van der Waals surface area contributed by atoms with Crippen molar-refractivity contribution in [3.05, 3.63) is 17.7 Å². The fourth-order valence-corrected chi connectivity index (χ4v) is 2.16. The van der Waals surface area contributed by atoms with Gasteiger partial charge in [0.25, 0.3) is 0 Å². The third kappa shape index (κ3) is 2.24. The summed E-state index contributed by atoms with van der Waals surface area (Å²) in [6.07, 6.45) is 4.08. The minimum Gasteiger partial charge on any atom is -0.463 e. The van der Waals surface area contributed by atoms with Gasteiger partial charge in [0.15, 0.2) is 0 Å². The lowest BCUT2D eigenvalue weighted by Gasteiger charge is -2.28. The van der Waals surface area contributed by atoms with E-state index in [0.29, 0.717) is 11.7 Å². The highest BCUT2D eigenvalue weighted by Crippen LogP contribution is 2.24. The van der Waals surface area contributed by atoms with Crippen LogP contribution < -0.4 is 0 Å². The number of likely N-dealkylation sites (N-methyl/N-ethyl adjacent to an activating group) is 1. The predicted octanol–water partition coefficient (Wildman–Crippen LogP) is 1.01. The molecule has 1 fully saturated rings. The Hall–Kier alpha value is -1.36. The molecule has 1 aliphatic rings. The molecule has 1 aliphatic heterocycles. The number of imidazole rings is 1. The summed E-state index contributed by atoms with van der Waals surface area (Å²) in [4.78, 5) is 20.6. The minimum absolute atomic E-state index is 0.297. The SMILES string of the molecule is COC(=O)c1ncc(C2CCCN(C)C2)[nH]1. The fourth-order valence-electron chi connectivity index (χ4n) is 2.16. The van der Waals surface area contributed by atoms with Crippen molar-refractivity contribution in [3.8, 4) is 0 Å². The lowest BCUT2D eigenvalue weighted by molar-refractivity contribution is 0.0587. The predicted molar refractivity (Wildman–Crippen MR) is 59.4 cm³/mol. The van der Waals surface area contributed by atoms with E-state index in [-0.39, 0.29) is 0 Å². The van der Waals surface area contributed by atoms with E-state index in [9.17, 15) is 4.79 Å². The first kappa shape index (κ1) is 11.1. The minimum atomic E-state index is -0.407. The lowest BCUT2D eigenvalue weighted by atomic mass is 9.96. The van der Waals surface area contributed by atoms with E-state index in [2.05, 4.69) is 26.7 Å². The Balaban J connectivity index is 2.09. The number of ether oxygens (including phenoxy) is 1. The summed E-state index contributed by atoms with van der Waals surface area (Å²) in [6.45, 7) is 2.16. The Labute approximate surface area is 94.8 Å². The molecule has 2 rings (SSSR count). The van der Waals surface area contributed by atoms with Gasteiger partial charge in [0.05, 0.1) is 7.11 Å². The maximum Gasteiger partial charge on any atom is 0.374 e. The smallest absolute Gasteiger partial charge is 0.374 e. The average molecular weight is 223 g/mol. The second-order valence-electron chi connectivity index (χ2n) is 4.28. The Morgan fingerprint density at radius 1 is 1.69 bits per heavy atom. The maximum absolute atomic E-state index is 11.2. The molecular weight excluding hydrogens is 206 g/mol. The van der Waals surface area contributed by atoms with E-state index in [0.717, 1.165) is 25.2 Å². The van der Waals surface area contributed by atoms with Gasteiger partial charge in [-0.05, 0) is 26.4 Å². The van der Waals surface area contributed by atoms with Crippen LogP contribution in [-0.4, -0.2) is 48.1 Å². The number of aromatic nitrogens is 2. The normalized spacial score (nSPS) is 22.0. The largest absolute Gasteiger partial charge is 0.463 e. The molecule has 1 N–H and O–H groups in total. The molecule has 1 aromatic heterocycles. The average Bonchev–Trinajstić information content (AvgIpc) is 2.77. The summed E-state index contributed by atoms with van der Waals surface area (Å²) in [5, 5.41) is 0. The molecule has 88 valence electrons. The first-order valence-electron chi connectivity index (χ1n) is 5.52. The molecule has 0 bridgehead atoms. The second-order valence-corrected chi connectivity index (χ2v) is 4.28. The van der Waals surface area contributed by atoms with Crippen LogP contribution in [-0.2, 0) is 4.74 Å². The van der Waals surface area contributed by atoms with Gasteiger partial charge in [-0.15, -0.1) is 0 Å². The van der Waals surface area contributed by atoms with Gasteiger partial charge in [-0.1, -0.05) is 0 Å². The van der Waals surface area contributed by atoms with Crippen LogP contribution in [0.5, 0.6) is 0 Å². The molecule has 0 amide bonds. The van der Waals surface area contributed by atoms with Gasteiger partial charge in [-0.2, -0.15) is 0 Å². The number of H-pyrrole nitrogens is 1. The van der Waals surface area contributed by atoms with Crippen molar-refractivity contribution in [1.82, 2.24) is 14.9 Å². The number of rotatable bonds is 2. The number of methoxy groups -OCH3 is 1. The molecule has 0 aliphatic carbocycles. The molecule has 0 saturated carbocycles. The van der Waals surface area contributed by atoms with Crippen LogP contribution in [0, 0.1) is 0 Å². The van der Waals surface area contributed by atoms with Crippen molar-refractivity contribution in [2.24, 2.45) is 0 Å². The van der Waals surface area contributed by atoms with Crippen LogP contribution in [0.4, 0.5) is 0 Å². The van der Waals surface area contributed by atoms with Crippen LogP contribution >= 0.6 is 0 Å². The molecule has 5 heteroatoms. The van der Waals surface area contributed by atoms with Gasteiger partial charge < -0.3 is 14.6 Å². The number of carbonyl (C=O) groups excluding carboxylic acids is 1. The van der Waals surface area contributed by atoms with Crippen molar-refractivity contribution in [3.63, 3.8) is 0 Å². The standard InChI is InChI=1S/C11H17N3O2/c1-14-5-3-4-8(7-14)9-6-12-10(13-9)11(15)16-2/h6,8H,3-5,7H2,1-2H3,(H,12,13). The number of nitrogens with one attached hydrogen (secondary N) is 1. The molecule has 0 spiro atoms. The van der Waals surface area contributed by atoms with E-state index >= 15 is 0 Å². The molecule has 2 heterocycles. The summed E-state index contributed by atoms with van der Waals surface area (Å²) in [7, 11) is 3.47. The molecular formula is C11H17N3O2. The van der Waals surface area contributed by atoms with Gasteiger partial charge in [0.2, 0.25) is 5.82 Å². The highest BCUT2D eigenvalue weighted by Gasteiger charge is 2.21. The van der Waals surface area contributed by atoms with Crippen molar-refractivity contribution in [2.45, 2.75) is 18.8 Å². The summed E-state index contributed by atoms with van der Waals surface area (Å²) in [5.74, 6) is 0.339. The monoisotopic (exact) mass is 223 g/mol. The van der Waals surface area contributed by atoms with E-state index in [1.54, 1.807) is 6.20 Å². The van der Waals surface area contributed by atoms with E-state index in [1.807, 2.05) is 0 Å². The van der Waals surface area contributed by atoms with Crippen LogP contribution in [0.1, 0.15) is 35.1 Å². The first-order valence-corrected chi connectivity index (χ1v) is 5.52. The van der Waals surface area contributed by atoms with E-state index in [1.165, 1.54) is 13.5 Å². The number of aromatic amines is 1. The summed E-state index contributed by atoms with van der Waals surface area (Å²) in [5.41, 5.74) is 1.03. The number of esters is 1. The molecule has 5 nitrogen and oxygen atoms in total. The highest BCUT2D eigenvalue weighted by molar-refractivity contribution is 5.85. The van der Waals surface area contributed by atoms with Gasteiger partial charge in [0, 0.05) is 24.4 Å². The Morgan fingerprint density at radius 3 is 3.19 bits per heavy atom. The third-order valence-corrected chi connectivity index (χ3v) is 3.04. The second kappa shape index (κ2) is 4.65. The molecule has 1 aromatic rings. The molecule has 1 unspecified atom stereocenters. The number of carbonyl (C=O) groups is 1. The van der Waals surface area contributed by atoms with Crippen molar-refractivity contribution < 1.29 is 9.53 Å². The topological polar surface area (TPSA) is 58.2 Å². The van der Waals surface area contributed by atoms with Crippen LogP contribution in [0.15, 0.2) is 6.20 Å². The zero-order valence-electron chi connectivity index (χ0n) is 9.69. The van der Waals surface area contributed by atoms with Gasteiger partial charge >= 0.3 is 5.97 Å². The van der Waals surface area contributed by atoms with Crippen LogP contribution in [0.3, 0.4) is 0 Å². The zero-order chi connectivity index (χ0) is 11.5. The number of likely N-dealkylation sites (tertiary alicyclic amines) is 1. The van der Waals surface area contributed by atoms with E-state index < -0.39 is 5.97 Å². The molecule has 0 radical (unpaired) electrons. The molecule has 1 saturated heterocycles. The Kier molecular flexibility index (Phi) is 3.24. The highest BCUT2D eigenvalue weighted by atomic mass is 16.5. The van der Waals surface area contributed by atoms with Crippen molar-refractivity contribution >= 4 is 5.97 Å². The molecule has 1 atom stereocenters. The Bertz CT molecular complexity index is 375. The van der Waals surface area contributed by atoms with E-state index in [4.69, 9.17) is 0 Å². The number of hydrogen-bond donors (Lipinski definition) is 1. The number of hydrogen-bond acceptors (Lipinski definition) is 4.